The summed E-state index contributed by atoms with van der Waals surface area (Å²) in [4.78, 5) is 13.0. The predicted octanol–water partition coefficient (Wildman–Crippen LogP) is 2.98. The predicted molar refractivity (Wildman–Crippen MR) is 119 cm³/mol. The van der Waals surface area contributed by atoms with Gasteiger partial charge in [-0.3, -0.25) is 9.10 Å². The van der Waals surface area contributed by atoms with Crippen LogP contribution in [0.3, 0.4) is 0 Å². The SMILES string of the molecule is C[C@H](NC(=O)[C@@H](C)N(c1ccc2c(c1)OCCO2)S(C)(=O)=O)c1ccc2c(c1)CCC2. The van der Waals surface area contributed by atoms with Gasteiger partial charge in [0.15, 0.2) is 11.5 Å². The second-order valence-corrected chi connectivity index (χ2v) is 10.0. The van der Waals surface area contributed by atoms with E-state index in [9.17, 15) is 13.2 Å². The average Bonchev–Trinajstić information content (AvgIpc) is 3.20. The first-order valence-corrected chi connectivity index (χ1v) is 12.4. The molecular formula is C23H28N2O5S. The van der Waals surface area contributed by atoms with Crippen LogP contribution < -0.4 is 19.1 Å². The molecule has 7 nitrogen and oxygen atoms in total. The van der Waals surface area contributed by atoms with Crippen LogP contribution >= 0.6 is 0 Å². The largest absolute Gasteiger partial charge is 0.486 e. The molecule has 0 saturated heterocycles. The summed E-state index contributed by atoms with van der Waals surface area (Å²) < 4.78 is 37.4. The maximum absolute atomic E-state index is 13.0. The Kier molecular flexibility index (Phi) is 5.83. The molecule has 31 heavy (non-hydrogen) atoms. The average molecular weight is 445 g/mol. The van der Waals surface area contributed by atoms with E-state index in [1.807, 2.05) is 13.0 Å². The van der Waals surface area contributed by atoms with Crippen LogP contribution in [0, 0.1) is 0 Å². The van der Waals surface area contributed by atoms with Crippen molar-refractivity contribution in [3.8, 4) is 11.5 Å². The highest BCUT2D eigenvalue weighted by atomic mass is 32.2. The Hall–Kier alpha value is -2.74. The molecule has 4 rings (SSSR count). The van der Waals surface area contributed by atoms with Crippen LogP contribution in [0.4, 0.5) is 5.69 Å². The van der Waals surface area contributed by atoms with Gasteiger partial charge in [0.05, 0.1) is 18.0 Å². The van der Waals surface area contributed by atoms with Gasteiger partial charge in [0.25, 0.3) is 0 Å². The van der Waals surface area contributed by atoms with Gasteiger partial charge in [-0.2, -0.15) is 0 Å². The maximum atomic E-state index is 13.0. The number of ether oxygens (including phenoxy) is 2. The molecule has 1 amide bonds. The van der Waals surface area contributed by atoms with Crippen molar-refractivity contribution in [1.29, 1.82) is 0 Å². The molecule has 1 aliphatic carbocycles. The van der Waals surface area contributed by atoms with Crippen LogP contribution in [-0.2, 0) is 27.7 Å². The fraction of sp³-hybridized carbons (Fsp3) is 0.435. The number of anilines is 1. The molecule has 2 aromatic carbocycles. The van der Waals surface area contributed by atoms with E-state index >= 15 is 0 Å². The number of amides is 1. The molecule has 1 N–H and O–H groups in total. The van der Waals surface area contributed by atoms with Crippen molar-refractivity contribution >= 4 is 21.6 Å². The van der Waals surface area contributed by atoms with Gasteiger partial charge in [-0.25, -0.2) is 8.42 Å². The van der Waals surface area contributed by atoms with E-state index < -0.39 is 16.1 Å². The zero-order valence-electron chi connectivity index (χ0n) is 18.1. The summed E-state index contributed by atoms with van der Waals surface area (Å²) in [6.45, 7) is 4.34. The number of carbonyl (C=O) groups excluding carboxylic acids is 1. The van der Waals surface area contributed by atoms with E-state index in [0.717, 1.165) is 35.4 Å². The van der Waals surface area contributed by atoms with Crippen molar-refractivity contribution in [3.05, 3.63) is 53.1 Å². The van der Waals surface area contributed by atoms with Gasteiger partial charge in [-0.15, -0.1) is 0 Å². The van der Waals surface area contributed by atoms with E-state index in [2.05, 4.69) is 17.4 Å². The molecule has 2 aromatic rings. The molecule has 0 fully saturated rings. The molecule has 8 heteroatoms. The molecular weight excluding hydrogens is 416 g/mol. The minimum atomic E-state index is -3.72. The van der Waals surface area contributed by atoms with Crippen molar-refractivity contribution in [2.45, 2.75) is 45.2 Å². The molecule has 0 radical (unpaired) electrons. The number of aryl methyl sites for hydroxylation is 2. The lowest BCUT2D eigenvalue weighted by atomic mass is 10.0. The zero-order chi connectivity index (χ0) is 22.2. The Bertz CT molecular complexity index is 1100. The monoisotopic (exact) mass is 444 g/mol. The minimum absolute atomic E-state index is 0.234. The second kappa shape index (κ2) is 8.42. The van der Waals surface area contributed by atoms with Crippen molar-refractivity contribution in [2.24, 2.45) is 0 Å². The third-order valence-electron chi connectivity index (χ3n) is 5.85. The van der Waals surface area contributed by atoms with Gasteiger partial charge in [-0.05, 0) is 61.9 Å². The molecule has 0 unspecified atom stereocenters. The molecule has 0 spiro atoms. The highest BCUT2D eigenvalue weighted by molar-refractivity contribution is 7.92. The quantitative estimate of drug-likeness (QED) is 0.741. The van der Waals surface area contributed by atoms with Crippen molar-refractivity contribution < 1.29 is 22.7 Å². The number of carbonyl (C=O) groups is 1. The summed E-state index contributed by atoms with van der Waals surface area (Å²) in [6, 6.07) is 10.0. The highest BCUT2D eigenvalue weighted by Crippen LogP contribution is 2.35. The number of benzene rings is 2. The van der Waals surface area contributed by atoms with Crippen molar-refractivity contribution in [3.63, 3.8) is 0 Å². The van der Waals surface area contributed by atoms with Gasteiger partial charge in [0.2, 0.25) is 15.9 Å². The van der Waals surface area contributed by atoms with E-state index in [1.165, 1.54) is 11.1 Å². The van der Waals surface area contributed by atoms with E-state index in [0.29, 0.717) is 30.4 Å². The molecule has 1 heterocycles. The van der Waals surface area contributed by atoms with Crippen LogP contribution in [0.5, 0.6) is 11.5 Å². The molecule has 2 atom stereocenters. The number of nitrogens with one attached hydrogen (secondary N) is 1. The number of sulfonamides is 1. The molecule has 166 valence electrons. The van der Waals surface area contributed by atoms with Crippen LogP contribution in [0.15, 0.2) is 36.4 Å². The third-order valence-corrected chi connectivity index (χ3v) is 7.09. The Morgan fingerprint density at radius 2 is 1.71 bits per heavy atom. The zero-order valence-corrected chi connectivity index (χ0v) is 18.9. The number of rotatable bonds is 6. The lowest BCUT2D eigenvalue weighted by molar-refractivity contribution is -0.122. The van der Waals surface area contributed by atoms with Gasteiger partial charge in [-0.1, -0.05) is 18.2 Å². The van der Waals surface area contributed by atoms with Crippen LogP contribution in [0.2, 0.25) is 0 Å². The van der Waals surface area contributed by atoms with Gasteiger partial charge in [0.1, 0.15) is 19.3 Å². The maximum Gasteiger partial charge on any atom is 0.244 e. The Balaban J connectivity index is 1.54. The van der Waals surface area contributed by atoms with E-state index in [1.54, 1.807) is 25.1 Å². The summed E-state index contributed by atoms with van der Waals surface area (Å²) in [5.41, 5.74) is 4.09. The smallest absolute Gasteiger partial charge is 0.244 e. The van der Waals surface area contributed by atoms with E-state index in [4.69, 9.17) is 9.47 Å². The fourth-order valence-electron chi connectivity index (χ4n) is 4.26. The van der Waals surface area contributed by atoms with Crippen molar-refractivity contribution in [1.82, 2.24) is 5.32 Å². The second-order valence-electron chi connectivity index (χ2n) is 8.17. The summed E-state index contributed by atoms with van der Waals surface area (Å²) in [5.74, 6) is 0.663. The summed E-state index contributed by atoms with van der Waals surface area (Å²) in [7, 11) is -3.72. The molecule has 0 bridgehead atoms. The van der Waals surface area contributed by atoms with E-state index in [-0.39, 0.29) is 11.9 Å². The number of nitrogens with zero attached hydrogens (tertiary/aromatic N) is 1. The van der Waals surface area contributed by atoms with Crippen LogP contribution in [0.1, 0.15) is 43.0 Å². The Morgan fingerprint density at radius 1 is 1.00 bits per heavy atom. The van der Waals surface area contributed by atoms with Crippen LogP contribution in [0.25, 0.3) is 0 Å². The molecule has 1 aliphatic heterocycles. The lowest BCUT2D eigenvalue weighted by Crippen LogP contribution is -2.48. The Labute approximate surface area is 183 Å². The van der Waals surface area contributed by atoms with Gasteiger partial charge < -0.3 is 14.8 Å². The topological polar surface area (TPSA) is 84.9 Å². The summed E-state index contributed by atoms with van der Waals surface area (Å²) in [6.07, 6.45) is 4.42. The Morgan fingerprint density at radius 3 is 2.45 bits per heavy atom. The molecule has 2 aliphatic rings. The van der Waals surface area contributed by atoms with Gasteiger partial charge >= 0.3 is 0 Å². The first-order chi connectivity index (χ1) is 14.7. The fourth-order valence-corrected chi connectivity index (χ4v) is 5.42. The number of hydrogen-bond donors (Lipinski definition) is 1. The highest BCUT2D eigenvalue weighted by Gasteiger charge is 2.31. The van der Waals surface area contributed by atoms with Crippen molar-refractivity contribution in [2.75, 3.05) is 23.8 Å². The minimum Gasteiger partial charge on any atom is -0.486 e. The summed E-state index contributed by atoms with van der Waals surface area (Å²) >= 11 is 0. The standard InChI is InChI=1S/C23H28N2O5S/c1-15(18-8-7-17-5-4-6-19(17)13-18)24-23(26)16(2)25(31(3,27)28)20-9-10-21-22(14-20)30-12-11-29-21/h7-10,13-16H,4-6,11-12H2,1-3H3,(H,24,26)/t15-,16+/m0/s1. The van der Waals surface area contributed by atoms with Gasteiger partial charge in [0, 0.05) is 6.07 Å². The lowest BCUT2D eigenvalue weighted by Gasteiger charge is -2.30. The molecule has 0 saturated carbocycles. The third kappa shape index (κ3) is 4.49. The normalized spacial score (nSPS) is 16.9. The molecule has 0 aromatic heterocycles. The summed E-state index contributed by atoms with van der Waals surface area (Å²) in [5, 5.41) is 2.97. The number of fused-ring (bicyclic) bond motifs is 2. The van der Waals surface area contributed by atoms with Crippen LogP contribution in [-0.4, -0.2) is 39.8 Å². The number of hydrogen-bond acceptors (Lipinski definition) is 5. The first kappa shape index (κ1) is 21.5. The first-order valence-electron chi connectivity index (χ1n) is 10.5.